The number of carbonyl (C=O) groups is 1. The number of hydrogen-bond donors (Lipinski definition) is 2. The van der Waals surface area contributed by atoms with Gasteiger partial charge < -0.3 is 15.4 Å². The molecule has 1 aliphatic heterocycles. The summed E-state index contributed by atoms with van der Waals surface area (Å²) in [5.74, 6) is 1.44. The third-order valence-corrected chi connectivity index (χ3v) is 4.43. The van der Waals surface area contributed by atoms with Crippen molar-refractivity contribution in [2.24, 2.45) is 11.8 Å². The van der Waals surface area contributed by atoms with Gasteiger partial charge in [0.05, 0.1) is 6.54 Å². The molecule has 1 amide bonds. The van der Waals surface area contributed by atoms with Crippen LogP contribution in [0.25, 0.3) is 0 Å². The van der Waals surface area contributed by atoms with Crippen molar-refractivity contribution in [3.05, 3.63) is 30.1 Å². The largest absolute Gasteiger partial charge is 0.489 e. The highest BCUT2D eigenvalue weighted by Crippen LogP contribution is 2.24. The first-order chi connectivity index (χ1) is 11.0. The van der Waals surface area contributed by atoms with Gasteiger partial charge in [0.15, 0.2) is 0 Å². The highest BCUT2D eigenvalue weighted by Gasteiger charge is 2.22. The maximum atomic E-state index is 12.8. The Hall–Kier alpha value is -1.62. The summed E-state index contributed by atoms with van der Waals surface area (Å²) in [5.41, 5.74) is 0. The molecule has 0 aliphatic carbocycles. The minimum Gasteiger partial charge on any atom is -0.489 e. The average molecular weight is 322 g/mol. The molecule has 0 radical (unpaired) electrons. The highest BCUT2D eigenvalue weighted by atomic mass is 19.1. The van der Waals surface area contributed by atoms with E-state index in [1.807, 2.05) is 6.92 Å². The van der Waals surface area contributed by atoms with Crippen LogP contribution < -0.4 is 15.4 Å². The predicted molar refractivity (Wildman–Crippen MR) is 88.9 cm³/mol. The Bertz CT molecular complexity index is 486. The molecule has 0 spiro atoms. The van der Waals surface area contributed by atoms with E-state index in [1.165, 1.54) is 12.1 Å². The van der Waals surface area contributed by atoms with Crippen molar-refractivity contribution in [3.63, 3.8) is 0 Å². The monoisotopic (exact) mass is 322 g/mol. The van der Waals surface area contributed by atoms with Crippen molar-refractivity contribution >= 4 is 5.91 Å². The molecule has 1 aromatic rings. The molecule has 1 saturated heterocycles. The lowest BCUT2D eigenvalue weighted by molar-refractivity contribution is -0.122. The normalized spacial score (nSPS) is 18.2. The third kappa shape index (κ3) is 6.18. The summed E-state index contributed by atoms with van der Waals surface area (Å²) in [7, 11) is 0. The van der Waals surface area contributed by atoms with Crippen LogP contribution in [0.2, 0.25) is 0 Å². The summed E-state index contributed by atoms with van der Waals surface area (Å²) in [6, 6.07) is 5.91. The van der Waals surface area contributed by atoms with Gasteiger partial charge in [-0.25, -0.2) is 4.39 Å². The molecule has 1 aromatic carbocycles. The summed E-state index contributed by atoms with van der Waals surface area (Å²) in [6.45, 7) is 6.61. The van der Waals surface area contributed by atoms with Crippen LogP contribution in [-0.2, 0) is 4.79 Å². The Morgan fingerprint density at radius 2 is 1.96 bits per heavy atom. The highest BCUT2D eigenvalue weighted by molar-refractivity contribution is 5.76. The van der Waals surface area contributed by atoms with Gasteiger partial charge in [0, 0.05) is 6.42 Å². The zero-order valence-electron chi connectivity index (χ0n) is 14.0. The van der Waals surface area contributed by atoms with E-state index in [2.05, 4.69) is 17.6 Å². The van der Waals surface area contributed by atoms with Crippen molar-refractivity contribution in [3.8, 4) is 5.75 Å². The van der Waals surface area contributed by atoms with Crippen LogP contribution in [0.1, 0.15) is 33.1 Å². The molecule has 1 fully saturated rings. The van der Waals surface area contributed by atoms with Gasteiger partial charge in [0.2, 0.25) is 5.91 Å². The summed E-state index contributed by atoms with van der Waals surface area (Å²) in [6.07, 6.45) is 2.71. The van der Waals surface area contributed by atoms with Crippen LogP contribution in [0.15, 0.2) is 24.3 Å². The Morgan fingerprint density at radius 3 is 2.61 bits per heavy atom. The average Bonchev–Trinajstić information content (AvgIpc) is 2.56. The molecule has 2 unspecified atom stereocenters. The van der Waals surface area contributed by atoms with Gasteiger partial charge in [0.25, 0.3) is 0 Å². The van der Waals surface area contributed by atoms with Gasteiger partial charge in [-0.05, 0) is 69.0 Å². The van der Waals surface area contributed by atoms with Gasteiger partial charge in [0.1, 0.15) is 17.7 Å². The Kier molecular flexibility index (Phi) is 6.84. The first-order valence-corrected chi connectivity index (χ1v) is 8.44. The molecule has 1 heterocycles. The van der Waals surface area contributed by atoms with Crippen LogP contribution >= 0.6 is 0 Å². The fourth-order valence-electron chi connectivity index (χ4n) is 2.99. The van der Waals surface area contributed by atoms with Crippen LogP contribution in [0.5, 0.6) is 5.75 Å². The topological polar surface area (TPSA) is 50.4 Å². The van der Waals surface area contributed by atoms with Gasteiger partial charge in [-0.15, -0.1) is 0 Å². The first-order valence-electron chi connectivity index (χ1n) is 8.44. The molecular formula is C18H27FN2O2. The molecule has 5 heteroatoms. The maximum Gasteiger partial charge on any atom is 0.220 e. The number of hydrogen-bond acceptors (Lipinski definition) is 3. The van der Waals surface area contributed by atoms with Crippen molar-refractivity contribution < 1.29 is 13.9 Å². The minimum atomic E-state index is -0.287. The molecule has 4 nitrogen and oxygen atoms in total. The molecule has 1 aliphatic rings. The fraction of sp³-hybridized carbons (Fsp3) is 0.611. The molecule has 128 valence electrons. The molecule has 0 bridgehead atoms. The number of amides is 1. The lowest BCUT2D eigenvalue weighted by atomic mass is 9.84. The van der Waals surface area contributed by atoms with E-state index in [-0.39, 0.29) is 17.8 Å². The van der Waals surface area contributed by atoms with E-state index in [0.717, 1.165) is 25.9 Å². The Balaban J connectivity index is 1.67. The van der Waals surface area contributed by atoms with Crippen LogP contribution in [0, 0.1) is 17.7 Å². The Morgan fingerprint density at radius 1 is 1.30 bits per heavy atom. The molecule has 0 saturated carbocycles. The van der Waals surface area contributed by atoms with Gasteiger partial charge >= 0.3 is 0 Å². The van der Waals surface area contributed by atoms with E-state index in [9.17, 15) is 9.18 Å². The third-order valence-electron chi connectivity index (χ3n) is 4.43. The van der Waals surface area contributed by atoms with Gasteiger partial charge in [-0.3, -0.25) is 4.79 Å². The number of halogens is 1. The number of ether oxygens (including phenoxy) is 1. The van der Waals surface area contributed by atoms with Gasteiger partial charge in [-0.2, -0.15) is 0 Å². The predicted octanol–water partition coefficient (Wildman–Crippen LogP) is 2.74. The second-order valence-corrected chi connectivity index (χ2v) is 6.46. The second-order valence-electron chi connectivity index (χ2n) is 6.46. The summed E-state index contributed by atoms with van der Waals surface area (Å²) < 4.78 is 18.5. The van der Waals surface area contributed by atoms with E-state index in [1.54, 1.807) is 12.1 Å². The van der Waals surface area contributed by atoms with E-state index in [0.29, 0.717) is 30.6 Å². The molecule has 2 rings (SSSR count). The quantitative estimate of drug-likeness (QED) is 0.811. The van der Waals surface area contributed by atoms with E-state index >= 15 is 0 Å². The summed E-state index contributed by atoms with van der Waals surface area (Å²) in [5, 5.41) is 6.28. The molecule has 2 atom stereocenters. The number of piperidine rings is 1. The molecular weight excluding hydrogens is 295 g/mol. The second kappa shape index (κ2) is 8.87. The SMILES string of the molecule is CC(CNC(=O)CC(C)C1CCNCC1)Oc1ccc(F)cc1. The van der Waals surface area contributed by atoms with Crippen LogP contribution in [0.4, 0.5) is 4.39 Å². The number of nitrogens with one attached hydrogen (secondary N) is 2. The summed E-state index contributed by atoms with van der Waals surface area (Å²) >= 11 is 0. The minimum absolute atomic E-state index is 0.0746. The van der Waals surface area contributed by atoms with E-state index < -0.39 is 0 Å². The molecule has 23 heavy (non-hydrogen) atoms. The standard InChI is InChI=1S/C18H27FN2O2/c1-13(15-7-9-20-10-8-15)11-18(22)21-12-14(2)23-17-5-3-16(19)4-6-17/h3-6,13-15,20H,7-12H2,1-2H3,(H,21,22). The van der Waals surface area contributed by atoms with Gasteiger partial charge in [-0.1, -0.05) is 6.92 Å². The number of carbonyl (C=O) groups excluding carboxylic acids is 1. The zero-order valence-corrected chi connectivity index (χ0v) is 14.0. The van der Waals surface area contributed by atoms with Crippen LogP contribution in [-0.4, -0.2) is 31.6 Å². The molecule has 0 aromatic heterocycles. The Labute approximate surface area is 137 Å². The lowest BCUT2D eigenvalue weighted by Crippen LogP contribution is -2.36. The van der Waals surface area contributed by atoms with E-state index in [4.69, 9.17) is 4.74 Å². The zero-order chi connectivity index (χ0) is 16.7. The summed E-state index contributed by atoms with van der Waals surface area (Å²) in [4.78, 5) is 12.1. The first kappa shape index (κ1) is 17.7. The van der Waals surface area contributed by atoms with Crippen molar-refractivity contribution in [2.45, 2.75) is 39.2 Å². The maximum absolute atomic E-state index is 12.8. The number of benzene rings is 1. The number of rotatable bonds is 7. The van der Waals surface area contributed by atoms with Crippen molar-refractivity contribution in [1.82, 2.24) is 10.6 Å². The van der Waals surface area contributed by atoms with Crippen LogP contribution in [0.3, 0.4) is 0 Å². The molecule has 2 N–H and O–H groups in total. The lowest BCUT2D eigenvalue weighted by Gasteiger charge is -2.28. The van der Waals surface area contributed by atoms with Crippen molar-refractivity contribution in [1.29, 1.82) is 0 Å². The van der Waals surface area contributed by atoms with Crippen molar-refractivity contribution in [2.75, 3.05) is 19.6 Å². The smallest absolute Gasteiger partial charge is 0.220 e. The fourth-order valence-corrected chi connectivity index (χ4v) is 2.99.